The monoisotopic (exact) mass is 231 g/mol. The molecule has 0 radical (unpaired) electrons. The lowest BCUT2D eigenvalue weighted by Crippen LogP contribution is -2.21. The van der Waals surface area contributed by atoms with Crippen molar-refractivity contribution in [2.45, 2.75) is 25.1 Å². The van der Waals surface area contributed by atoms with Crippen LogP contribution < -0.4 is 5.73 Å². The number of nitrogens with zero attached hydrogens (tertiary/aromatic N) is 2. The van der Waals surface area contributed by atoms with E-state index in [1.807, 2.05) is 0 Å². The van der Waals surface area contributed by atoms with E-state index in [0.29, 0.717) is 5.15 Å². The van der Waals surface area contributed by atoms with Crippen LogP contribution in [0.4, 0.5) is 0 Å². The van der Waals surface area contributed by atoms with Crippen LogP contribution in [0.15, 0.2) is 12.4 Å². The topological polar surface area (TPSA) is 51.8 Å². The number of hydrogen-bond acceptors (Lipinski definition) is 4. The molecule has 0 amide bonds. The van der Waals surface area contributed by atoms with Gasteiger partial charge in [0.25, 0.3) is 0 Å². The van der Waals surface area contributed by atoms with Gasteiger partial charge in [-0.1, -0.05) is 18.5 Å². The van der Waals surface area contributed by atoms with Crippen LogP contribution in [0.2, 0.25) is 5.15 Å². The van der Waals surface area contributed by atoms with E-state index in [0.717, 1.165) is 23.6 Å². The fraction of sp³-hybridized carbons (Fsp3) is 0.556. The number of rotatable bonds is 5. The minimum atomic E-state index is 0.278. The van der Waals surface area contributed by atoms with Crippen molar-refractivity contribution < 1.29 is 0 Å². The van der Waals surface area contributed by atoms with Crippen LogP contribution in [-0.2, 0) is 5.75 Å². The van der Waals surface area contributed by atoms with E-state index in [9.17, 15) is 0 Å². The van der Waals surface area contributed by atoms with Gasteiger partial charge >= 0.3 is 0 Å². The Morgan fingerprint density at radius 3 is 2.86 bits per heavy atom. The summed E-state index contributed by atoms with van der Waals surface area (Å²) >= 11 is 7.39. The Labute approximate surface area is 93.5 Å². The second-order valence-corrected chi connectivity index (χ2v) is 4.43. The van der Waals surface area contributed by atoms with E-state index in [1.54, 1.807) is 24.2 Å². The summed E-state index contributed by atoms with van der Waals surface area (Å²) in [5.74, 6) is 1.80. The highest BCUT2D eigenvalue weighted by atomic mass is 35.5. The van der Waals surface area contributed by atoms with Gasteiger partial charge in [-0.05, 0) is 6.42 Å². The molecule has 0 spiro atoms. The first-order valence-electron chi connectivity index (χ1n) is 4.52. The molecule has 1 unspecified atom stereocenters. The Hall–Kier alpha value is -0.320. The molecule has 0 aliphatic rings. The molecule has 0 saturated carbocycles. The molecule has 0 aliphatic heterocycles. The van der Waals surface area contributed by atoms with Gasteiger partial charge in [0.15, 0.2) is 0 Å². The molecule has 0 fully saturated rings. The van der Waals surface area contributed by atoms with Crippen molar-refractivity contribution in [1.82, 2.24) is 9.97 Å². The van der Waals surface area contributed by atoms with Crippen molar-refractivity contribution in [3.63, 3.8) is 0 Å². The lowest BCUT2D eigenvalue weighted by Gasteiger charge is -2.06. The zero-order chi connectivity index (χ0) is 10.4. The predicted octanol–water partition coefficient (Wildman–Crippen LogP) is 2.10. The van der Waals surface area contributed by atoms with Crippen LogP contribution in [0.1, 0.15) is 19.0 Å². The molecular formula is C9H14ClN3S. The highest BCUT2D eigenvalue weighted by molar-refractivity contribution is 7.98. The van der Waals surface area contributed by atoms with Gasteiger partial charge < -0.3 is 5.73 Å². The van der Waals surface area contributed by atoms with Crippen LogP contribution >= 0.6 is 23.4 Å². The smallest absolute Gasteiger partial charge is 0.147 e. The van der Waals surface area contributed by atoms with Crippen LogP contribution in [-0.4, -0.2) is 21.8 Å². The summed E-state index contributed by atoms with van der Waals surface area (Å²) < 4.78 is 0. The molecule has 14 heavy (non-hydrogen) atoms. The zero-order valence-electron chi connectivity index (χ0n) is 8.11. The van der Waals surface area contributed by atoms with Crippen molar-refractivity contribution in [3.05, 3.63) is 23.2 Å². The summed E-state index contributed by atoms with van der Waals surface area (Å²) in [6, 6.07) is 0.278. The van der Waals surface area contributed by atoms with E-state index in [4.69, 9.17) is 17.3 Å². The van der Waals surface area contributed by atoms with Gasteiger partial charge in [0.1, 0.15) is 5.15 Å². The van der Waals surface area contributed by atoms with E-state index in [-0.39, 0.29) is 6.04 Å². The van der Waals surface area contributed by atoms with Crippen molar-refractivity contribution in [2.75, 3.05) is 5.75 Å². The van der Waals surface area contributed by atoms with Gasteiger partial charge in [0, 0.05) is 17.5 Å². The van der Waals surface area contributed by atoms with Crippen molar-refractivity contribution in [1.29, 1.82) is 0 Å². The molecule has 5 heteroatoms. The van der Waals surface area contributed by atoms with Gasteiger partial charge in [-0.25, -0.2) is 4.98 Å². The van der Waals surface area contributed by atoms with Crippen molar-refractivity contribution in [3.8, 4) is 0 Å². The average molecular weight is 232 g/mol. The molecule has 1 aromatic rings. The quantitative estimate of drug-likeness (QED) is 0.843. The summed E-state index contributed by atoms with van der Waals surface area (Å²) in [4.78, 5) is 8.10. The van der Waals surface area contributed by atoms with Crippen LogP contribution in [0.3, 0.4) is 0 Å². The molecule has 0 bridgehead atoms. The van der Waals surface area contributed by atoms with Crippen molar-refractivity contribution in [2.24, 2.45) is 5.73 Å². The molecule has 0 aliphatic carbocycles. The predicted molar refractivity (Wildman–Crippen MR) is 61.5 cm³/mol. The molecule has 1 rings (SSSR count). The third kappa shape index (κ3) is 4.26. The van der Waals surface area contributed by atoms with E-state index in [1.165, 1.54) is 0 Å². The number of hydrogen-bond donors (Lipinski definition) is 1. The fourth-order valence-corrected chi connectivity index (χ4v) is 1.96. The molecule has 1 atom stereocenters. The van der Waals surface area contributed by atoms with Crippen LogP contribution in [0.25, 0.3) is 0 Å². The van der Waals surface area contributed by atoms with Gasteiger partial charge in [-0.15, -0.1) is 0 Å². The largest absolute Gasteiger partial charge is 0.327 e. The number of thioether (sulfide) groups is 1. The Morgan fingerprint density at radius 1 is 1.50 bits per heavy atom. The number of halogens is 1. The Morgan fingerprint density at radius 2 is 2.29 bits per heavy atom. The van der Waals surface area contributed by atoms with Gasteiger partial charge in [-0.2, -0.15) is 11.8 Å². The Balaban J connectivity index is 2.28. The molecule has 3 nitrogen and oxygen atoms in total. The maximum Gasteiger partial charge on any atom is 0.147 e. The molecule has 0 saturated heterocycles. The van der Waals surface area contributed by atoms with Gasteiger partial charge in [0.2, 0.25) is 0 Å². The fourth-order valence-electron chi connectivity index (χ4n) is 0.846. The number of nitrogens with two attached hydrogens (primary N) is 1. The van der Waals surface area contributed by atoms with Gasteiger partial charge in [0.05, 0.1) is 18.1 Å². The zero-order valence-corrected chi connectivity index (χ0v) is 9.68. The molecule has 1 heterocycles. The number of aromatic nitrogens is 2. The van der Waals surface area contributed by atoms with E-state index < -0.39 is 0 Å². The Bertz CT molecular complexity index is 265. The molecular weight excluding hydrogens is 218 g/mol. The summed E-state index contributed by atoms with van der Waals surface area (Å²) in [5, 5.41) is 0.434. The third-order valence-electron chi connectivity index (χ3n) is 1.78. The molecule has 78 valence electrons. The minimum Gasteiger partial charge on any atom is -0.327 e. The lowest BCUT2D eigenvalue weighted by atomic mass is 10.3. The van der Waals surface area contributed by atoms with E-state index >= 15 is 0 Å². The lowest BCUT2D eigenvalue weighted by molar-refractivity contribution is 0.724. The molecule has 1 aromatic heterocycles. The minimum absolute atomic E-state index is 0.278. The Kier molecular flexibility index (Phi) is 5.22. The van der Waals surface area contributed by atoms with Crippen LogP contribution in [0, 0.1) is 0 Å². The summed E-state index contributed by atoms with van der Waals surface area (Å²) in [6.45, 7) is 2.09. The standard InChI is InChI=1S/C9H14ClN3S/c1-2-7(11)5-14-6-8-3-13-9(10)4-12-8/h3-4,7H,2,5-6,11H2,1H3. The van der Waals surface area contributed by atoms with E-state index in [2.05, 4.69) is 16.9 Å². The summed E-state index contributed by atoms with van der Waals surface area (Å²) in [6.07, 6.45) is 4.28. The van der Waals surface area contributed by atoms with Gasteiger partial charge in [-0.3, -0.25) is 4.98 Å². The normalized spacial score (nSPS) is 12.8. The maximum absolute atomic E-state index is 5.78. The summed E-state index contributed by atoms with van der Waals surface area (Å²) in [5.41, 5.74) is 6.73. The first-order valence-corrected chi connectivity index (χ1v) is 6.05. The highest BCUT2D eigenvalue weighted by Crippen LogP contribution is 2.11. The maximum atomic E-state index is 5.78. The first-order chi connectivity index (χ1) is 6.72. The second-order valence-electron chi connectivity index (χ2n) is 3.01. The molecule has 2 N–H and O–H groups in total. The summed E-state index contributed by atoms with van der Waals surface area (Å²) in [7, 11) is 0. The third-order valence-corrected chi connectivity index (χ3v) is 3.14. The highest BCUT2D eigenvalue weighted by Gasteiger charge is 2.00. The average Bonchev–Trinajstić information content (AvgIpc) is 2.21. The van der Waals surface area contributed by atoms with Crippen molar-refractivity contribution >= 4 is 23.4 Å². The molecule has 0 aromatic carbocycles. The first kappa shape index (κ1) is 11.8. The SMILES string of the molecule is CCC(N)CSCc1cnc(Cl)cn1. The van der Waals surface area contributed by atoms with Crippen LogP contribution in [0.5, 0.6) is 0 Å². The second kappa shape index (κ2) is 6.22.